The van der Waals surface area contributed by atoms with Gasteiger partial charge in [-0.15, -0.1) is 11.3 Å². The Bertz CT molecular complexity index is 943. The number of oxazole rings is 1. The number of nitrogens with zero attached hydrogens (tertiary/aromatic N) is 1. The number of aldehydes is 1. The minimum Gasteiger partial charge on any atom is -0.466 e. The molecule has 0 atom stereocenters. The van der Waals surface area contributed by atoms with Gasteiger partial charge >= 0.3 is 5.97 Å². The van der Waals surface area contributed by atoms with E-state index in [2.05, 4.69) is 4.98 Å². The molecule has 0 saturated heterocycles. The summed E-state index contributed by atoms with van der Waals surface area (Å²) in [4.78, 5) is 28.7. The second-order valence-electron chi connectivity index (χ2n) is 5.56. The summed E-state index contributed by atoms with van der Waals surface area (Å²) >= 11 is 1.26. The third-order valence-corrected chi connectivity index (χ3v) is 4.85. The highest BCUT2D eigenvalue weighted by atomic mass is 32.1. The van der Waals surface area contributed by atoms with Gasteiger partial charge in [-0.25, -0.2) is 9.37 Å². The summed E-state index contributed by atoms with van der Waals surface area (Å²) in [5.74, 6) is -0.0926. The highest BCUT2D eigenvalue weighted by molar-refractivity contribution is 7.17. The van der Waals surface area contributed by atoms with Crippen molar-refractivity contribution in [2.75, 3.05) is 6.61 Å². The van der Waals surface area contributed by atoms with Gasteiger partial charge in [-0.3, -0.25) is 9.59 Å². The Hall–Kier alpha value is -2.80. The Kier molecular flexibility index (Phi) is 5.27. The highest BCUT2D eigenvalue weighted by Gasteiger charge is 2.21. The number of ether oxygens (including phenoxy) is 1. The lowest BCUT2D eigenvalue weighted by Gasteiger charge is -2.00. The smallest absolute Gasteiger partial charge is 0.312 e. The molecule has 0 aliphatic rings. The number of benzene rings is 1. The van der Waals surface area contributed by atoms with Crippen LogP contribution in [0.25, 0.3) is 22.1 Å². The van der Waals surface area contributed by atoms with Crippen molar-refractivity contribution in [1.29, 1.82) is 0 Å². The predicted octanol–water partition coefficient (Wildman–Crippen LogP) is 4.44. The van der Waals surface area contributed by atoms with E-state index in [9.17, 15) is 14.0 Å². The summed E-state index contributed by atoms with van der Waals surface area (Å²) in [5.41, 5.74) is 1.83. The Balaban J connectivity index is 2.05. The van der Waals surface area contributed by atoms with Crippen LogP contribution < -0.4 is 0 Å². The van der Waals surface area contributed by atoms with Crippen molar-refractivity contribution in [1.82, 2.24) is 4.98 Å². The van der Waals surface area contributed by atoms with Gasteiger partial charge in [0.05, 0.1) is 28.5 Å². The molecule has 2 aromatic heterocycles. The molecule has 0 aliphatic carbocycles. The largest absolute Gasteiger partial charge is 0.466 e. The van der Waals surface area contributed by atoms with Crippen molar-refractivity contribution >= 4 is 23.6 Å². The zero-order chi connectivity index (χ0) is 18.7. The van der Waals surface area contributed by atoms with Gasteiger partial charge < -0.3 is 9.15 Å². The Labute approximate surface area is 153 Å². The number of hydrogen-bond donors (Lipinski definition) is 0. The third-order valence-electron chi connectivity index (χ3n) is 3.69. The van der Waals surface area contributed by atoms with Gasteiger partial charge in [0.25, 0.3) is 0 Å². The van der Waals surface area contributed by atoms with Crippen molar-refractivity contribution in [3.8, 4) is 22.1 Å². The molecule has 0 radical (unpaired) electrons. The monoisotopic (exact) mass is 373 g/mol. The molecule has 0 N–H and O–H groups in total. The highest BCUT2D eigenvalue weighted by Crippen LogP contribution is 2.36. The maximum absolute atomic E-state index is 13.2. The zero-order valence-electron chi connectivity index (χ0n) is 14.2. The number of rotatable bonds is 6. The molecule has 0 saturated carbocycles. The van der Waals surface area contributed by atoms with E-state index in [1.165, 1.54) is 23.5 Å². The van der Waals surface area contributed by atoms with Gasteiger partial charge in [0.2, 0.25) is 5.89 Å². The standard InChI is InChI=1S/C19H16FNO4S/c1-3-24-17(23)9-14-18(15-8-11(2)16(10-22)26-15)25-19(21-14)12-4-6-13(20)7-5-12/h4-8,10H,3,9H2,1-2H3. The van der Waals surface area contributed by atoms with Crippen molar-refractivity contribution in [2.24, 2.45) is 0 Å². The fraction of sp³-hybridized carbons (Fsp3) is 0.211. The first kappa shape index (κ1) is 18.0. The molecule has 1 aromatic carbocycles. The first-order valence-corrected chi connectivity index (χ1v) is 8.80. The molecule has 0 fully saturated rings. The maximum Gasteiger partial charge on any atom is 0.312 e. The summed E-state index contributed by atoms with van der Waals surface area (Å²) in [7, 11) is 0. The Morgan fingerprint density at radius 1 is 1.35 bits per heavy atom. The summed E-state index contributed by atoms with van der Waals surface area (Å²) < 4.78 is 24.0. The summed E-state index contributed by atoms with van der Waals surface area (Å²) in [6.45, 7) is 3.82. The normalized spacial score (nSPS) is 10.7. The number of thiophene rings is 1. The molecule has 26 heavy (non-hydrogen) atoms. The van der Waals surface area contributed by atoms with E-state index in [0.717, 1.165) is 11.8 Å². The van der Waals surface area contributed by atoms with E-state index >= 15 is 0 Å². The molecule has 134 valence electrons. The van der Waals surface area contributed by atoms with Crippen LogP contribution in [0.4, 0.5) is 4.39 Å². The van der Waals surface area contributed by atoms with Crippen LogP contribution in [-0.4, -0.2) is 23.8 Å². The molecule has 0 spiro atoms. The lowest BCUT2D eigenvalue weighted by atomic mass is 10.2. The van der Waals surface area contributed by atoms with E-state index in [0.29, 0.717) is 26.8 Å². The minimum absolute atomic E-state index is 0.0543. The van der Waals surface area contributed by atoms with Crippen LogP contribution in [-0.2, 0) is 16.0 Å². The lowest BCUT2D eigenvalue weighted by molar-refractivity contribution is -0.142. The molecule has 0 bridgehead atoms. The molecular weight excluding hydrogens is 357 g/mol. The molecule has 5 nitrogen and oxygen atoms in total. The second-order valence-corrected chi connectivity index (χ2v) is 6.64. The van der Waals surface area contributed by atoms with Crippen molar-refractivity contribution < 1.29 is 23.1 Å². The molecule has 0 aliphatic heterocycles. The molecular formula is C19H16FNO4S. The third kappa shape index (κ3) is 3.72. The molecule has 3 rings (SSSR count). The summed E-state index contributed by atoms with van der Waals surface area (Å²) in [5, 5.41) is 0. The van der Waals surface area contributed by atoms with E-state index in [4.69, 9.17) is 9.15 Å². The number of carbonyl (C=O) groups is 2. The van der Waals surface area contributed by atoms with Crippen LogP contribution in [0.5, 0.6) is 0 Å². The van der Waals surface area contributed by atoms with E-state index in [1.807, 2.05) is 13.0 Å². The fourth-order valence-corrected chi connectivity index (χ4v) is 3.45. The van der Waals surface area contributed by atoms with Gasteiger partial charge in [-0.2, -0.15) is 0 Å². The maximum atomic E-state index is 13.2. The van der Waals surface area contributed by atoms with Crippen molar-refractivity contribution in [3.63, 3.8) is 0 Å². The zero-order valence-corrected chi connectivity index (χ0v) is 15.1. The van der Waals surface area contributed by atoms with Gasteiger partial charge in [0.1, 0.15) is 5.82 Å². The van der Waals surface area contributed by atoms with Crippen LogP contribution >= 0.6 is 11.3 Å². The van der Waals surface area contributed by atoms with Crippen LogP contribution in [0, 0.1) is 12.7 Å². The van der Waals surface area contributed by atoms with Gasteiger partial charge in [0, 0.05) is 5.56 Å². The van der Waals surface area contributed by atoms with Crippen LogP contribution in [0.2, 0.25) is 0 Å². The quantitative estimate of drug-likeness (QED) is 0.472. The van der Waals surface area contributed by atoms with Crippen LogP contribution in [0.1, 0.15) is 27.9 Å². The predicted molar refractivity (Wildman–Crippen MR) is 95.7 cm³/mol. The van der Waals surface area contributed by atoms with Crippen LogP contribution in [0.15, 0.2) is 34.7 Å². The van der Waals surface area contributed by atoms with Crippen molar-refractivity contribution in [2.45, 2.75) is 20.3 Å². The Morgan fingerprint density at radius 3 is 2.69 bits per heavy atom. The second kappa shape index (κ2) is 7.61. The van der Waals surface area contributed by atoms with E-state index in [-0.39, 0.29) is 24.7 Å². The summed E-state index contributed by atoms with van der Waals surface area (Å²) in [6, 6.07) is 7.54. The number of halogens is 1. The number of esters is 1. The topological polar surface area (TPSA) is 69.4 Å². The Morgan fingerprint density at radius 2 is 2.08 bits per heavy atom. The molecule has 0 unspecified atom stereocenters. The SMILES string of the molecule is CCOC(=O)Cc1nc(-c2ccc(F)cc2)oc1-c1cc(C)c(C=O)s1. The molecule has 7 heteroatoms. The first-order valence-electron chi connectivity index (χ1n) is 7.99. The minimum atomic E-state index is -0.420. The molecule has 2 heterocycles. The molecule has 3 aromatic rings. The summed E-state index contributed by atoms with van der Waals surface area (Å²) in [6.07, 6.45) is 0.729. The van der Waals surface area contributed by atoms with Gasteiger partial charge in [-0.1, -0.05) is 0 Å². The van der Waals surface area contributed by atoms with Crippen LogP contribution in [0.3, 0.4) is 0 Å². The van der Waals surface area contributed by atoms with E-state index < -0.39 is 5.97 Å². The number of carbonyl (C=O) groups excluding carboxylic acids is 2. The number of aryl methyl sites for hydroxylation is 1. The number of hydrogen-bond acceptors (Lipinski definition) is 6. The molecule has 0 amide bonds. The average molecular weight is 373 g/mol. The first-order chi connectivity index (χ1) is 12.5. The van der Waals surface area contributed by atoms with Gasteiger partial charge in [0.15, 0.2) is 12.0 Å². The number of aromatic nitrogens is 1. The van der Waals surface area contributed by atoms with Gasteiger partial charge in [-0.05, 0) is 49.7 Å². The van der Waals surface area contributed by atoms with E-state index in [1.54, 1.807) is 19.1 Å². The fourth-order valence-electron chi connectivity index (χ4n) is 2.45. The average Bonchev–Trinajstić information content (AvgIpc) is 3.19. The lowest BCUT2D eigenvalue weighted by Crippen LogP contribution is -2.08. The van der Waals surface area contributed by atoms with Crippen molar-refractivity contribution in [3.05, 3.63) is 52.3 Å².